The Morgan fingerprint density at radius 3 is 2.47 bits per heavy atom. The number of sulfonamides is 1. The molecule has 1 saturated carbocycles. The van der Waals surface area contributed by atoms with E-state index in [1.807, 2.05) is 18.4 Å². The van der Waals surface area contributed by atoms with Crippen molar-refractivity contribution in [2.45, 2.75) is 70.4 Å². The summed E-state index contributed by atoms with van der Waals surface area (Å²) < 4.78 is 29.3. The highest BCUT2D eigenvalue weighted by Crippen LogP contribution is 2.31. The minimum absolute atomic E-state index is 0.0325. The van der Waals surface area contributed by atoms with Crippen molar-refractivity contribution in [2.24, 2.45) is 0 Å². The van der Waals surface area contributed by atoms with Crippen molar-refractivity contribution in [1.82, 2.24) is 19.3 Å². The summed E-state index contributed by atoms with van der Waals surface area (Å²) >= 11 is 0. The molecule has 0 spiro atoms. The maximum absolute atomic E-state index is 12.8. The predicted octanol–water partition coefficient (Wildman–Crippen LogP) is 3.95. The Labute approximate surface area is 188 Å². The third-order valence-corrected chi connectivity index (χ3v) is 7.49. The van der Waals surface area contributed by atoms with Gasteiger partial charge in [-0.05, 0) is 69.9 Å². The van der Waals surface area contributed by atoms with E-state index in [-0.39, 0.29) is 22.5 Å². The van der Waals surface area contributed by atoms with Crippen molar-refractivity contribution in [3.05, 3.63) is 51.9 Å². The normalized spacial score (nSPS) is 15.0. The van der Waals surface area contributed by atoms with Crippen molar-refractivity contribution < 1.29 is 8.42 Å². The Kier molecular flexibility index (Phi) is 6.05. The van der Waals surface area contributed by atoms with E-state index in [1.54, 1.807) is 44.3 Å². The summed E-state index contributed by atoms with van der Waals surface area (Å²) in [5.74, 6) is 0.369. The number of benzene rings is 1. The number of aryl methyl sites for hydroxylation is 2. The molecule has 32 heavy (non-hydrogen) atoms. The van der Waals surface area contributed by atoms with E-state index in [0.29, 0.717) is 17.3 Å². The van der Waals surface area contributed by atoms with Crippen molar-refractivity contribution >= 4 is 32.7 Å². The summed E-state index contributed by atoms with van der Waals surface area (Å²) in [5.41, 5.74) is 2.91. The van der Waals surface area contributed by atoms with Crippen molar-refractivity contribution in [3.8, 4) is 0 Å². The van der Waals surface area contributed by atoms with Crippen LogP contribution in [0.25, 0.3) is 11.0 Å². The van der Waals surface area contributed by atoms with Gasteiger partial charge < -0.3 is 5.32 Å². The van der Waals surface area contributed by atoms with E-state index in [9.17, 15) is 13.2 Å². The van der Waals surface area contributed by atoms with E-state index in [1.165, 1.54) is 0 Å². The Hall–Kier alpha value is -2.78. The van der Waals surface area contributed by atoms with Crippen LogP contribution in [0.15, 0.2) is 40.2 Å². The molecule has 2 N–H and O–H groups in total. The molecule has 0 bridgehead atoms. The standard InChI is InChI=1S/C23H29N5O3S/c1-14(2)27-32(30,31)18-9-10-20(16(4)11-18)25-23-24-13-19-15(3)12-21(29)28(22(19)26-23)17-7-5-6-8-17/h9-14,17,27H,5-8H2,1-4H3,(H,24,25,26). The lowest BCUT2D eigenvalue weighted by atomic mass is 10.1. The molecule has 1 aromatic carbocycles. The molecule has 0 aliphatic heterocycles. The monoisotopic (exact) mass is 455 g/mol. The molecular weight excluding hydrogens is 426 g/mol. The number of aromatic nitrogens is 3. The number of hydrogen-bond donors (Lipinski definition) is 2. The van der Waals surface area contributed by atoms with Crippen molar-refractivity contribution in [1.29, 1.82) is 0 Å². The van der Waals surface area contributed by atoms with E-state index in [4.69, 9.17) is 4.98 Å². The Balaban J connectivity index is 1.71. The number of fused-ring (bicyclic) bond motifs is 1. The topological polar surface area (TPSA) is 106 Å². The molecule has 170 valence electrons. The predicted molar refractivity (Wildman–Crippen MR) is 126 cm³/mol. The van der Waals surface area contributed by atoms with Gasteiger partial charge in [-0.1, -0.05) is 12.8 Å². The molecule has 8 nitrogen and oxygen atoms in total. The van der Waals surface area contributed by atoms with Crippen LogP contribution in [0.3, 0.4) is 0 Å². The summed E-state index contributed by atoms with van der Waals surface area (Å²) in [6.45, 7) is 7.29. The number of nitrogens with zero attached hydrogens (tertiary/aromatic N) is 3. The molecule has 1 aliphatic rings. The minimum Gasteiger partial charge on any atom is -0.324 e. The third-order valence-electron chi connectivity index (χ3n) is 5.83. The molecule has 0 amide bonds. The second-order valence-corrected chi connectivity index (χ2v) is 10.5. The van der Waals surface area contributed by atoms with Crippen LogP contribution in [-0.2, 0) is 10.0 Å². The second-order valence-electron chi connectivity index (χ2n) is 8.78. The molecule has 1 aliphatic carbocycles. The van der Waals surface area contributed by atoms with Crippen LogP contribution in [0.5, 0.6) is 0 Å². The smallest absolute Gasteiger partial charge is 0.252 e. The zero-order valence-electron chi connectivity index (χ0n) is 18.8. The van der Waals surface area contributed by atoms with Crippen LogP contribution >= 0.6 is 0 Å². The largest absolute Gasteiger partial charge is 0.324 e. The molecule has 0 radical (unpaired) electrons. The highest BCUT2D eigenvalue weighted by Gasteiger charge is 2.22. The number of nitrogens with one attached hydrogen (secondary N) is 2. The van der Waals surface area contributed by atoms with Gasteiger partial charge >= 0.3 is 0 Å². The summed E-state index contributed by atoms with van der Waals surface area (Å²) in [5, 5.41) is 4.05. The number of anilines is 2. The maximum Gasteiger partial charge on any atom is 0.252 e. The number of hydrogen-bond acceptors (Lipinski definition) is 6. The van der Waals surface area contributed by atoms with Crippen LogP contribution in [0.2, 0.25) is 0 Å². The maximum atomic E-state index is 12.8. The Bertz CT molecular complexity index is 1330. The fourth-order valence-corrected chi connectivity index (χ4v) is 5.63. The molecule has 0 atom stereocenters. The van der Waals surface area contributed by atoms with E-state index in [2.05, 4.69) is 15.0 Å². The van der Waals surface area contributed by atoms with Gasteiger partial charge in [0, 0.05) is 35.4 Å². The quantitative estimate of drug-likeness (QED) is 0.583. The Morgan fingerprint density at radius 1 is 1.09 bits per heavy atom. The highest BCUT2D eigenvalue weighted by atomic mass is 32.2. The molecule has 2 heterocycles. The van der Waals surface area contributed by atoms with E-state index < -0.39 is 10.0 Å². The van der Waals surface area contributed by atoms with Gasteiger partial charge in [0.2, 0.25) is 16.0 Å². The van der Waals surface area contributed by atoms with Crippen LogP contribution in [-0.4, -0.2) is 29.0 Å². The van der Waals surface area contributed by atoms with E-state index >= 15 is 0 Å². The third kappa shape index (κ3) is 4.40. The highest BCUT2D eigenvalue weighted by molar-refractivity contribution is 7.89. The average Bonchev–Trinajstić information content (AvgIpc) is 3.22. The zero-order chi connectivity index (χ0) is 23.0. The van der Waals surface area contributed by atoms with Gasteiger partial charge in [0.15, 0.2) is 0 Å². The van der Waals surface area contributed by atoms with Crippen LogP contribution in [0.4, 0.5) is 11.6 Å². The SMILES string of the molecule is Cc1cc(S(=O)(=O)NC(C)C)ccc1Nc1ncc2c(C)cc(=O)n(C3CCCC3)c2n1. The molecule has 3 aromatic rings. The van der Waals surface area contributed by atoms with Gasteiger partial charge in [-0.2, -0.15) is 4.98 Å². The molecule has 1 fully saturated rings. The van der Waals surface area contributed by atoms with Gasteiger partial charge in [-0.15, -0.1) is 0 Å². The molecule has 4 rings (SSSR count). The van der Waals surface area contributed by atoms with Crippen LogP contribution < -0.4 is 15.6 Å². The second kappa shape index (κ2) is 8.63. The van der Waals surface area contributed by atoms with Crippen molar-refractivity contribution in [2.75, 3.05) is 5.32 Å². The van der Waals surface area contributed by atoms with Crippen LogP contribution in [0.1, 0.15) is 56.7 Å². The number of pyridine rings is 1. The first kappa shape index (κ1) is 22.4. The molecule has 0 saturated heterocycles. The summed E-state index contributed by atoms with van der Waals surface area (Å²) in [4.78, 5) is 22.1. The molecule has 0 unspecified atom stereocenters. The molecule has 2 aromatic heterocycles. The molecular formula is C23H29N5O3S. The zero-order valence-corrected chi connectivity index (χ0v) is 19.7. The van der Waals surface area contributed by atoms with Gasteiger partial charge in [-0.3, -0.25) is 9.36 Å². The fraction of sp³-hybridized carbons (Fsp3) is 0.435. The first-order valence-corrected chi connectivity index (χ1v) is 12.4. The lowest BCUT2D eigenvalue weighted by molar-refractivity contribution is 0.515. The average molecular weight is 456 g/mol. The van der Waals surface area contributed by atoms with Gasteiger partial charge in [0.05, 0.1) is 4.90 Å². The number of rotatable bonds is 6. The molecule has 9 heteroatoms. The van der Waals surface area contributed by atoms with Crippen LogP contribution in [0, 0.1) is 13.8 Å². The van der Waals surface area contributed by atoms with Gasteiger partial charge in [0.1, 0.15) is 5.65 Å². The fourth-order valence-electron chi connectivity index (χ4n) is 4.29. The van der Waals surface area contributed by atoms with Gasteiger partial charge in [-0.25, -0.2) is 18.1 Å². The summed E-state index contributed by atoms with van der Waals surface area (Å²) in [6.07, 6.45) is 5.92. The van der Waals surface area contributed by atoms with Gasteiger partial charge in [0.25, 0.3) is 5.56 Å². The summed E-state index contributed by atoms with van der Waals surface area (Å²) in [6, 6.07) is 6.51. The van der Waals surface area contributed by atoms with Crippen molar-refractivity contribution in [3.63, 3.8) is 0 Å². The summed E-state index contributed by atoms with van der Waals surface area (Å²) in [7, 11) is -3.57. The van der Waals surface area contributed by atoms with E-state index in [0.717, 1.165) is 42.2 Å². The lowest BCUT2D eigenvalue weighted by Crippen LogP contribution is -2.30. The Morgan fingerprint density at radius 2 is 1.81 bits per heavy atom. The minimum atomic E-state index is -3.57. The first-order chi connectivity index (χ1) is 15.2. The lowest BCUT2D eigenvalue weighted by Gasteiger charge is -2.18. The first-order valence-electron chi connectivity index (χ1n) is 10.9.